The number of nitrogens with zero attached hydrogens (tertiary/aromatic N) is 2. The maximum Gasteiger partial charge on any atom is 0.446 e. The Balaban J connectivity index is 2.09. The van der Waals surface area contributed by atoms with Gasteiger partial charge in [0, 0.05) is 11.4 Å². The minimum absolute atomic E-state index is 0.137. The van der Waals surface area contributed by atoms with E-state index >= 15 is 0 Å². The van der Waals surface area contributed by atoms with Crippen molar-refractivity contribution in [2.45, 2.75) is 16.9 Å². The van der Waals surface area contributed by atoms with Gasteiger partial charge >= 0.3 is 5.51 Å². The van der Waals surface area contributed by atoms with Gasteiger partial charge in [0.25, 0.3) is 0 Å². The van der Waals surface area contributed by atoms with E-state index in [9.17, 15) is 18.0 Å². The molecule has 3 nitrogen and oxygen atoms in total. The Morgan fingerprint density at radius 1 is 1.26 bits per heavy atom. The number of benzene rings is 1. The number of thioether (sulfide) groups is 1. The van der Waals surface area contributed by atoms with E-state index in [4.69, 9.17) is 0 Å². The zero-order valence-corrected chi connectivity index (χ0v) is 10.4. The molecule has 0 bridgehead atoms. The van der Waals surface area contributed by atoms with Crippen molar-refractivity contribution in [3.63, 3.8) is 0 Å². The van der Waals surface area contributed by atoms with Crippen LogP contribution in [0.2, 0.25) is 0 Å². The number of hydrogen-bond donors (Lipinski definition) is 0. The minimum atomic E-state index is -4.28. The number of imidazole rings is 1. The fraction of sp³-hybridized carbons (Fsp3) is 0.167. The molecule has 19 heavy (non-hydrogen) atoms. The van der Waals surface area contributed by atoms with E-state index in [2.05, 4.69) is 4.98 Å². The van der Waals surface area contributed by atoms with Crippen LogP contribution >= 0.6 is 11.8 Å². The molecule has 2 rings (SSSR count). The molecule has 0 spiro atoms. The molecule has 1 heterocycles. The number of aldehydes is 1. The highest BCUT2D eigenvalue weighted by atomic mass is 32.2. The van der Waals surface area contributed by atoms with Crippen LogP contribution in [0.5, 0.6) is 0 Å². The van der Waals surface area contributed by atoms with Crippen molar-refractivity contribution in [2.75, 3.05) is 0 Å². The van der Waals surface area contributed by atoms with Gasteiger partial charge in [-0.25, -0.2) is 4.98 Å². The zero-order valence-electron chi connectivity index (χ0n) is 9.59. The predicted octanol–water partition coefficient (Wildman–Crippen LogP) is 3.36. The molecule has 1 aromatic carbocycles. The van der Waals surface area contributed by atoms with Crippen LogP contribution in [0, 0.1) is 0 Å². The zero-order chi connectivity index (χ0) is 13.9. The molecule has 7 heteroatoms. The highest BCUT2D eigenvalue weighted by molar-refractivity contribution is 8.00. The third-order valence-corrected chi connectivity index (χ3v) is 3.11. The lowest BCUT2D eigenvalue weighted by atomic mass is 10.2. The largest absolute Gasteiger partial charge is 0.446 e. The van der Waals surface area contributed by atoms with Crippen LogP contribution in [-0.4, -0.2) is 21.3 Å². The van der Waals surface area contributed by atoms with Gasteiger partial charge in [-0.3, -0.25) is 4.79 Å². The Morgan fingerprint density at radius 3 is 2.53 bits per heavy atom. The van der Waals surface area contributed by atoms with E-state index in [1.54, 1.807) is 16.7 Å². The van der Waals surface area contributed by atoms with Gasteiger partial charge < -0.3 is 4.57 Å². The first kappa shape index (κ1) is 13.7. The average Bonchev–Trinajstić information content (AvgIpc) is 2.77. The summed E-state index contributed by atoms with van der Waals surface area (Å²) in [5.41, 5.74) is -3.06. The second-order valence-electron chi connectivity index (χ2n) is 3.76. The quantitative estimate of drug-likeness (QED) is 0.638. The molecule has 0 unspecified atom stereocenters. The molecule has 0 saturated carbocycles. The van der Waals surface area contributed by atoms with Crippen molar-refractivity contribution < 1.29 is 18.0 Å². The summed E-state index contributed by atoms with van der Waals surface area (Å²) in [4.78, 5) is 14.7. The molecular formula is C12H9F3N2OS. The van der Waals surface area contributed by atoms with Crippen LogP contribution in [0.25, 0.3) is 0 Å². The lowest BCUT2D eigenvalue weighted by molar-refractivity contribution is -0.0328. The first-order chi connectivity index (χ1) is 8.98. The summed E-state index contributed by atoms with van der Waals surface area (Å²) in [6.07, 6.45) is 3.61. The Labute approximate surface area is 111 Å². The first-order valence-corrected chi connectivity index (χ1v) is 6.09. The molecule has 0 atom stereocenters. The van der Waals surface area contributed by atoms with E-state index in [0.29, 0.717) is 18.5 Å². The van der Waals surface area contributed by atoms with Gasteiger partial charge in [-0.05, 0) is 29.5 Å². The molecule has 0 aliphatic carbocycles. The summed E-state index contributed by atoms with van der Waals surface area (Å²) in [6, 6.07) is 6.02. The predicted molar refractivity (Wildman–Crippen MR) is 65.1 cm³/mol. The lowest BCUT2D eigenvalue weighted by Gasteiger charge is -2.07. The fourth-order valence-corrected chi connectivity index (χ4v) is 2.09. The van der Waals surface area contributed by atoms with Gasteiger partial charge in [0.2, 0.25) is 0 Å². The summed E-state index contributed by atoms with van der Waals surface area (Å²) in [6.45, 7) is 0.394. The molecule has 0 N–H and O–H groups in total. The average molecular weight is 286 g/mol. The first-order valence-electron chi connectivity index (χ1n) is 5.28. The van der Waals surface area contributed by atoms with Gasteiger partial charge in [-0.2, -0.15) is 13.2 Å². The Hall–Kier alpha value is -1.76. The molecule has 0 saturated heterocycles. The van der Waals surface area contributed by atoms with Gasteiger partial charge in [-0.1, -0.05) is 12.1 Å². The van der Waals surface area contributed by atoms with Gasteiger partial charge in [-0.15, -0.1) is 0 Å². The van der Waals surface area contributed by atoms with Crippen molar-refractivity contribution in [1.29, 1.82) is 0 Å². The van der Waals surface area contributed by atoms with E-state index in [1.165, 1.54) is 24.7 Å². The van der Waals surface area contributed by atoms with Crippen LogP contribution in [0.4, 0.5) is 13.2 Å². The smallest absolute Gasteiger partial charge is 0.324 e. The summed E-state index contributed by atoms with van der Waals surface area (Å²) in [5.74, 6) is 0. The number of carbonyl (C=O) groups is 1. The van der Waals surface area contributed by atoms with Gasteiger partial charge in [0.15, 0.2) is 6.29 Å². The monoisotopic (exact) mass is 286 g/mol. The van der Waals surface area contributed by atoms with Crippen LogP contribution in [0.3, 0.4) is 0 Å². The molecule has 0 radical (unpaired) electrons. The number of hydrogen-bond acceptors (Lipinski definition) is 3. The summed E-state index contributed by atoms with van der Waals surface area (Å²) >= 11 is -0.150. The number of rotatable bonds is 4. The van der Waals surface area contributed by atoms with Crippen molar-refractivity contribution in [3.8, 4) is 0 Å². The topological polar surface area (TPSA) is 34.9 Å². The van der Waals surface area contributed by atoms with Crippen molar-refractivity contribution >= 4 is 18.0 Å². The SMILES string of the molecule is O=Cc1cncn1Cc1ccc(SC(F)(F)F)cc1. The number of aromatic nitrogens is 2. The maximum absolute atomic E-state index is 12.2. The maximum atomic E-state index is 12.2. The summed E-state index contributed by atoms with van der Waals surface area (Å²) in [7, 11) is 0. The standard InChI is InChI=1S/C12H9F3N2OS/c13-12(14,15)19-11-3-1-9(2-4-11)6-17-8-16-5-10(17)7-18/h1-5,7-8H,6H2. The van der Waals surface area contributed by atoms with E-state index in [0.717, 1.165) is 5.56 Å². The second-order valence-corrected chi connectivity index (χ2v) is 4.89. The molecule has 0 aliphatic rings. The number of alkyl halides is 3. The third-order valence-electron chi connectivity index (χ3n) is 2.38. The highest BCUT2D eigenvalue weighted by Gasteiger charge is 2.28. The molecule has 100 valence electrons. The fourth-order valence-electron chi connectivity index (χ4n) is 1.55. The van der Waals surface area contributed by atoms with E-state index < -0.39 is 5.51 Å². The Morgan fingerprint density at radius 2 is 1.95 bits per heavy atom. The number of halogens is 3. The lowest BCUT2D eigenvalue weighted by Crippen LogP contribution is -2.02. The Bertz CT molecular complexity index is 563. The van der Waals surface area contributed by atoms with Crippen LogP contribution < -0.4 is 0 Å². The Kier molecular flexibility index (Phi) is 3.94. The molecule has 2 aromatic rings. The molecule has 0 aliphatic heterocycles. The van der Waals surface area contributed by atoms with Crippen molar-refractivity contribution in [3.05, 3.63) is 48.0 Å². The number of carbonyl (C=O) groups excluding carboxylic acids is 1. The highest BCUT2D eigenvalue weighted by Crippen LogP contribution is 2.36. The molecular weight excluding hydrogens is 277 g/mol. The molecule has 0 fully saturated rings. The van der Waals surface area contributed by atoms with Crippen LogP contribution in [0.15, 0.2) is 41.7 Å². The van der Waals surface area contributed by atoms with Crippen molar-refractivity contribution in [1.82, 2.24) is 9.55 Å². The minimum Gasteiger partial charge on any atom is -0.324 e. The second kappa shape index (κ2) is 5.48. The summed E-state index contributed by atoms with van der Waals surface area (Å²) < 4.78 is 38.1. The van der Waals surface area contributed by atoms with E-state index in [1.807, 2.05) is 0 Å². The van der Waals surface area contributed by atoms with Gasteiger partial charge in [0.05, 0.1) is 12.5 Å². The summed E-state index contributed by atoms with van der Waals surface area (Å²) in [5, 5.41) is 0. The third kappa shape index (κ3) is 3.85. The van der Waals surface area contributed by atoms with Gasteiger partial charge in [0.1, 0.15) is 5.69 Å². The molecule has 0 amide bonds. The van der Waals surface area contributed by atoms with E-state index in [-0.39, 0.29) is 16.7 Å². The molecule has 1 aromatic heterocycles. The normalized spacial score (nSPS) is 11.5. The van der Waals surface area contributed by atoms with Crippen molar-refractivity contribution in [2.24, 2.45) is 0 Å². The van der Waals surface area contributed by atoms with Crippen LogP contribution in [0.1, 0.15) is 16.1 Å². The van der Waals surface area contributed by atoms with Crippen LogP contribution in [-0.2, 0) is 6.54 Å².